The van der Waals surface area contributed by atoms with Gasteiger partial charge in [0, 0.05) is 25.0 Å². The van der Waals surface area contributed by atoms with E-state index in [4.69, 9.17) is 9.84 Å². The monoisotopic (exact) mass is 212 g/mol. The van der Waals surface area contributed by atoms with Crippen LogP contribution in [0.25, 0.3) is 0 Å². The molecule has 0 fully saturated rings. The van der Waals surface area contributed by atoms with Gasteiger partial charge in [0.05, 0.1) is 6.42 Å². The molecule has 5 heteroatoms. The van der Waals surface area contributed by atoms with Gasteiger partial charge in [-0.2, -0.15) is 0 Å². The van der Waals surface area contributed by atoms with E-state index < -0.39 is 5.97 Å². The average Bonchev–Trinajstić information content (AvgIpc) is 2.47. The van der Waals surface area contributed by atoms with Gasteiger partial charge in [0.1, 0.15) is 12.4 Å². The maximum absolute atomic E-state index is 10.6. The van der Waals surface area contributed by atoms with Crippen LogP contribution in [-0.2, 0) is 22.6 Å². The molecular weight excluding hydrogens is 196 g/mol. The minimum absolute atomic E-state index is 0.00507. The van der Waals surface area contributed by atoms with Crippen LogP contribution < -0.4 is 0 Å². The molecular formula is C10H16N2O3. The van der Waals surface area contributed by atoms with Gasteiger partial charge in [0.25, 0.3) is 0 Å². The van der Waals surface area contributed by atoms with E-state index >= 15 is 0 Å². The molecule has 0 aliphatic carbocycles. The van der Waals surface area contributed by atoms with Crippen molar-refractivity contribution in [1.29, 1.82) is 0 Å². The Balaban J connectivity index is 3.00. The first-order valence-electron chi connectivity index (χ1n) is 4.82. The second-order valence-corrected chi connectivity index (χ2v) is 3.63. The predicted molar refractivity (Wildman–Crippen MR) is 54.7 cm³/mol. The van der Waals surface area contributed by atoms with Crippen LogP contribution in [0.1, 0.15) is 31.4 Å². The zero-order chi connectivity index (χ0) is 11.4. The Morgan fingerprint density at radius 3 is 2.80 bits per heavy atom. The third kappa shape index (κ3) is 2.79. The van der Waals surface area contributed by atoms with Gasteiger partial charge in [0.2, 0.25) is 0 Å². The third-order valence-corrected chi connectivity index (χ3v) is 2.07. The first kappa shape index (κ1) is 11.7. The van der Waals surface area contributed by atoms with Gasteiger partial charge >= 0.3 is 5.97 Å². The zero-order valence-electron chi connectivity index (χ0n) is 9.23. The number of methoxy groups -OCH3 is 1. The quantitative estimate of drug-likeness (QED) is 0.797. The SMILES string of the molecule is COCc1ncc(CC(=O)O)n1C(C)C. The Morgan fingerprint density at radius 1 is 1.67 bits per heavy atom. The standard InChI is InChI=1S/C10H16N2O3/c1-7(2)12-8(4-10(13)14)5-11-9(12)6-15-3/h5,7H,4,6H2,1-3H3,(H,13,14). The van der Waals surface area contributed by atoms with Crippen LogP contribution in [0.2, 0.25) is 0 Å². The summed E-state index contributed by atoms with van der Waals surface area (Å²) in [5, 5.41) is 8.74. The molecule has 0 atom stereocenters. The van der Waals surface area contributed by atoms with Crippen molar-refractivity contribution in [3.8, 4) is 0 Å². The molecule has 0 aromatic carbocycles. The van der Waals surface area contributed by atoms with Crippen molar-refractivity contribution < 1.29 is 14.6 Å². The van der Waals surface area contributed by atoms with Crippen LogP contribution in [0.15, 0.2) is 6.20 Å². The fraction of sp³-hybridized carbons (Fsp3) is 0.600. The number of carboxylic acid groups (broad SMARTS) is 1. The Hall–Kier alpha value is -1.36. The van der Waals surface area contributed by atoms with Crippen molar-refractivity contribution in [2.45, 2.75) is 32.9 Å². The van der Waals surface area contributed by atoms with E-state index in [2.05, 4.69) is 4.98 Å². The number of hydrogen-bond acceptors (Lipinski definition) is 3. The Bertz CT molecular complexity index is 344. The molecule has 1 N–H and O–H groups in total. The molecule has 0 aliphatic rings. The summed E-state index contributed by atoms with van der Waals surface area (Å²) in [5.74, 6) is -0.0792. The van der Waals surface area contributed by atoms with Crippen molar-refractivity contribution in [2.24, 2.45) is 0 Å². The molecule has 0 aliphatic heterocycles. The molecule has 15 heavy (non-hydrogen) atoms. The number of imidazole rings is 1. The summed E-state index contributed by atoms with van der Waals surface area (Å²) >= 11 is 0. The van der Waals surface area contributed by atoms with E-state index in [-0.39, 0.29) is 12.5 Å². The summed E-state index contributed by atoms with van der Waals surface area (Å²) in [6, 6.07) is 0.187. The van der Waals surface area contributed by atoms with E-state index in [0.717, 1.165) is 5.82 Å². The molecule has 1 aromatic heterocycles. The van der Waals surface area contributed by atoms with Crippen LogP contribution in [0, 0.1) is 0 Å². The molecule has 0 unspecified atom stereocenters. The maximum Gasteiger partial charge on any atom is 0.309 e. The van der Waals surface area contributed by atoms with E-state index in [0.29, 0.717) is 12.3 Å². The minimum atomic E-state index is -0.847. The van der Waals surface area contributed by atoms with Crippen molar-refractivity contribution in [2.75, 3.05) is 7.11 Å². The minimum Gasteiger partial charge on any atom is -0.481 e. The second-order valence-electron chi connectivity index (χ2n) is 3.63. The molecule has 5 nitrogen and oxygen atoms in total. The fourth-order valence-corrected chi connectivity index (χ4v) is 1.59. The van der Waals surface area contributed by atoms with E-state index in [1.807, 2.05) is 18.4 Å². The van der Waals surface area contributed by atoms with E-state index in [1.165, 1.54) is 0 Å². The lowest BCUT2D eigenvalue weighted by molar-refractivity contribution is -0.136. The van der Waals surface area contributed by atoms with Gasteiger partial charge < -0.3 is 14.4 Å². The lowest BCUT2D eigenvalue weighted by Gasteiger charge is -2.14. The van der Waals surface area contributed by atoms with Crippen molar-refractivity contribution in [1.82, 2.24) is 9.55 Å². The van der Waals surface area contributed by atoms with Gasteiger partial charge in [-0.1, -0.05) is 0 Å². The normalized spacial score (nSPS) is 10.9. The molecule has 0 saturated carbocycles. The summed E-state index contributed by atoms with van der Waals surface area (Å²) in [7, 11) is 1.59. The smallest absolute Gasteiger partial charge is 0.309 e. The summed E-state index contributed by atoms with van der Waals surface area (Å²) in [6.07, 6.45) is 1.59. The molecule has 0 bridgehead atoms. The molecule has 84 valence electrons. The van der Waals surface area contributed by atoms with E-state index in [1.54, 1.807) is 13.3 Å². The molecule has 1 aromatic rings. The van der Waals surface area contributed by atoms with Crippen LogP contribution >= 0.6 is 0 Å². The molecule has 0 amide bonds. The summed E-state index contributed by atoms with van der Waals surface area (Å²) in [6.45, 7) is 4.39. The van der Waals surface area contributed by atoms with Gasteiger partial charge in [-0.25, -0.2) is 4.98 Å². The number of carbonyl (C=O) groups is 1. The number of rotatable bonds is 5. The summed E-state index contributed by atoms with van der Waals surface area (Å²) in [4.78, 5) is 14.8. The molecule has 0 radical (unpaired) electrons. The van der Waals surface area contributed by atoms with Crippen LogP contribution in [-0.4, -0.2) is 27.7 Å². The van der Waals surface area contributed by atoms with Crippen LogP contribution in [0.5, 0.6) is 0 Å². The number of nitrogens with zero attached hydrogens (tertiary/aromatic N) is 2. The van der Waals surface area contributed by atoms with Crippen LogP contribution in [0.3, 0.4) is 0 Å². The van der Waals surface area contributed by atoms with Gasteiger partial charge in [-0.3, -0.25) is 4.79 Å². The number of aliphatic carboxylic acids is 1. The third-order valence-electron chi connectivity index (χ3n) is 2.07. The first-order valence-corrected chi connectivity index (χ1v) is 4.82. The highest BCUT2D eigenvalue weighted by Crippen LogP contribution is 2.15. The van der Waals surface area contributed by atoms with Gasteiger partial charge in [0.15, 0.2) is 0 Å². The predicted octanol–water partition coefficient (Wildman–Crippen LogP) is 1.24. The maximum atomic E-state index is 10.6. The molecule has 0 spiro atoms. The Labute approximate surface area is 88.7 Å². The highest BCUT2D eigenvalue weighted by Gasteiger charge is 2.14. The largest absolute Gasteiger partial charge is 0.481 e. The fourth-order valence-electron chi connectivity index (χ4n) is 1.59. The van der Waals surface area contributed by atoms with E-state index in [9.17, 15) is 4.79 Å². The highest BCUT2D eigenvalue weighted by molar-refractivity contribution is 5.69. The summed E-state index contributed by atoms with van der Waals surface area (Å²) < 4.78 is 6.91. The average molecular weight is 212 g/mol. The Kier molecular flexibility index (Phi) is 3.85. The summed E-state index contributed by atoms with van der Waals surface area (Å²) in [5.41, 5.74) is 0.713. The lowest BCUT2D eigenvalue weighted by atomic mass is 10.3. The first-order chi connectivity index (χ1) is 7.06. The van der Waals surface area contributed by atoms with Crippen molar-refractivity contribution in [3.05, 3.63) is 17.7 Å². The molecule has 1 rings (SSSR count). The zero-order valence-corrected chi connectivity index (χ0v) is 9.23. The topological polar surface area (TPSA) is 64.3 Å². The van der Waals surface area contributed by atoms with Crippen LogP contribution in [0.4, 0.5) is 0 Å². The van der Waals surface area contributed by atoms with Crippen molar-refractivity contribution in [3.63, 3.8) is 0 Å². The molecule has 0 saturated heterocycles. The highest BCUT2D eigenvalue weighted by atomic mass is 16.5. The van der Waals surface area contributed by atoms with Gasteiger partial charge in [-0.05, 0) is 13.8 Å². The number of aromatic nitrogens is 2. The van der Waals surface area contributed by atoms with Crippen molar-refractivity contribution >= 4 is 5.97 Å². The number of hydrogen-bond donors (Lipinski definition) is 1. The Morgan fingerprint density at radius 2 is 2.33 bits per heavy atom. The van der Waals surface area contributed by atoms with Gasteiger partial charge in [-0.15, -0.1) is 0 Å². The number of ether oxygens (including phenoxy) is 1. The lowest BCUT2D eigenvalue weighted by Crippen LogP contribution is -2.13. The second kappa shape index (κ2) is 4.93. The molecule has 1 heterocycles. The number of carboxylic acids is 1.